The van der Waals surface area contributed by atoms with Crippen LogP contribution in [0.1, 0.15) is 12.0 Å². The molecule has 0 spiro atoms. The number of ether oxygens (including phenoxy) is 1. The molecule has 0 heterocycles. The summed E-state index contributed by atoms with van der Waals surface area (Å²) < 4.78 is 31.7. The molecule has 1 aromatic carbocycles. The zero-order chi connectivity index (χ0) is 15.9. The number of hydrogen-bond donors (Lipinski definition) is 3. The molecule has 0 saturated carbocycles. The molecule has 0 bridgehead atoms. The van der Waals surface area contributed by atoms with Gasteiger partial charge in [-0.2, -0.15) is 0 Å². The SMILES string of the molecule is COc1ccc(C#CCN)cc1S(=O)(=O)NCCC(N)=O. The lowest BCUT2D eigenvalue weighted by molar-refractivity contribution is -0.117. The minimum Gasteiger partial charge on any atom is -0.495 e. The van der Waals surface area contributed by atoms with Gasteiger partial charge in [-0.25, -0.2) is 13.1 Å². The quantitative estimate of drug-likeness (QED) is 0.591. The predicted molar refractivity (Wildman–Crippen MR) is 77.9 cm³/mol. The second-order valence-electron chi connectivity index (χ2n) is 3.99. The van der Waals surface area contributed by atoms with Crippen molar-refractivity contribution in [1.82, 2.24) is 4.72 Å². The Bertz CT molecular complexity index is 674. The van der Waals surface area contributed by atoms with Gasteiger partial charge >= 0.3 is 0 Å². The van der Waals surface area contributed by atoms with E-state index in [1.165, 1.54) is 19.2 Å². The number of nitrogens with two attached hydrogens (primary N) is 2. The van der Waals surface area contributed by atoms with Crippen LogP contribution in [0.25, 0.3) is 0 Å². The summed E-state index contributed by atoms with van der Waals surface area (Å²) in [6.45, 7) is 0.0878. The lowest BCUT2D eigenvalue weighted by Crippen LogP contribution is -2.28. The van der Waals surface area contributed by atoms with E-state index < -0.39 is 15.9 Å². The number of rotatable bonds is 6. The third-order valence-electron chi connectivity index (χ3n) is 2.45. The largest absolute Gasteiger partial charge is 0.495 e. The van der Waals surface area contributed by atoms with Gasteiger partial charge in [-0.1, -0.05) is 11.8 Å². The fourth-order valence-electron chi connectivity index (χ4n) is 1.50. The zero-order valence-corrected chi connectivity index (χ0v) is 12.4. The number of benzene rings is 1. The third-order valence-corrected chi connectivity index (χ3v) is 3.93. The smallest absolute Gasteiger partial charge is 0.244 e. The summed E-state index contributed by atoms with van der Waals surface area (Å²) in [6, 6.07) is 4.52. The Labute approximate surface area is 123 Å². The Morgan fingerprint density at radius 3 is 2.71 bits per heavy atom. The van der Waals surface area contributed by atoms with E-state index >= 15 is 0 Å². The molecule has 1 rings (SSSR count). The van der Waals surface area contributed by atoms with Crippen LogP contribution in [-0.4, -0.2) is 34.5 Å². The van der Waals surface area contributed by atoms with E-state index in [4.69, 9.17) is 16.2 Å². The molecule has 5 N–H and O–H groups in total. The fraction of sp³-hybridized carbons (Fsp3) is 0.308. The van der Waals surface area contributed by atoms with Crippen molar-refractivity contribution in [3.05, 3.63) is 23.8 Å². The molecule has 1 aromatic rings. The minimum atomic E-state index is -3.83. The van der Waals surface area contributed by atoms with Crippen molar-refractivity contribution in [2.45, 2.75) is 11.3 Å². The molecule has 0 aliphatic heterocycles. The molecule has 0 aliphatic carbocycles. The van der Waals surface area contributed by atoms with Crippen LogP contribution in [0.4, 0.5) is 0 Å². The highest BCUT2D eigenvalue weighted by molar-refractivity contribution is 7.89. The van der Waals surface area contributed by atoms with Crippen LogP contribution in [-0.2, 0) is 14.8 Å². The summed E-state index contributed by atoms with van der Waals surface area (Å²) in [5.41, 5.74) is 10.7. The molecule has 0 radical (unpaired) electrons. The number of primary amides is 1. The normalized spacial score (nSPS) is 10.6. The molecule has 0 aromatic heterocycles. The highest BCUT2D eigenvalue weighted by Gasteiger charge is 2.19. The second-order valence-corrected chi connectivity index (χ2v) is 5.72. The maximum absolute atomic E-state index is 12.2. The van der Waals surface area contributed by atoms with Crippen LogP contribution >= 0.6 is 0 Å². The van der Waals surface area contributed by atoms with Crippen molar-refractivity contribution in [2.75, 3.05) is 20.2 Å². The zero-order valence-electron chi connectivity index (χ0n) is 11.5. The Morgan fingerprint density at radius 2 is 2.14 bits per heavy atom. The highest BCUT2D eigenvalue weighted by atomic mass is 32.2. The lowest BCUT2D eigenvalue weighted by atomic mass is 10.2. The molecule has 114 valence electrons. The van der Waals surface area contributed by atoms with Gasteiger partial charge in [0.1, 0.15) is 10.6 Å². The Balaban J connectivity index is 3.10. The summed E-state index contributed by atoms with van der Waals surface area (Å²) in [5.74, 6) is 4.97. The van der Waals surface area contributed by atoms with Crippen LogP contribution in [0.15, 0.2) is 23.1 Å². The molecule has 0 atom stereocenters. The Morgan fingerprint density at radius 1 is 1.43 bits per heavy atom. The molecule has 1 amide bonds. The van der Waals surface area contributed by atoms with E-state index in [0.717, 1.165) is 0 Å². The first-order valence-electron chi connectivity index (χ1n) is 6.05. The van der Waals surface area contributed by atoms with Crippen molar-refractivity contribution in [2.24, 2.45) is 11.5 Å². The van der Waals surface area contributed by atoms with Crippen molar-refractivity contribution >= 4 is 15.9 Å². The van der Waals surface area contributed by atoms with Crippen molar-refractivity contribution in [1.29, 1.82) is 0 Å². The number of amides is 1. The maximum Gasteiger partial charge on any atom is 0.244 e. The summed E-state index contributed by atoms with van der Waals surface area (Å²) >= 11 is 0. The van der Waals surface area contributed by atoms with E-state index in [0.29, 0.717) is 5.56 Å². The first-order chi connectivity index (χ1) is 9.90. The van der Waals surface area contributed by atoms with Gasteiger partial charge in [-0.15, -0.1) is 0 Å². The van der Waals surface area contributed by atoms with Gasteiger partial charge in [-0.3, -0.25) is 4.79 Å². The van der Waals surface area contributed by atoms with Crippen molar-refractivity contribution in [3.63, 3.8) is 0 Å². The van der Waals surface area contributed by atoms with Gasteiger partial charge in [0.15, 0.2) is 0 Å². The number of carbonyl (C=O) groups is 1. The molecule has 7 nitrogen and oxygen atoms in total. The van der Waals surface area contributed by atoms with E-state index in [1.54, 1.807) is 6.07 Å². The van der Waals surface area contributed by atoms with Gasteiger partial charge in [-0.05, 0) is 18.2 Å². The van der Waals surface area contributed by atoms with Crippen molar-refractivity contribution < 1.29 is 17.9 Å². The summed E-state index contributed by atoms with van der Waals surface area (Å²) in [5, 5.41) is 0. The van der Waals surface area contributed by atoms with Crippen LogP contribution in [0.5, 0.6) is 5.75 Å². The van der Waals surface area contributed by atoms with E-state index in [-0.39, 0.29) is 30.2 Å². The molecule has 0 saturated heterocycles. The molecule has 8 heteroatoms. The Kier molecular flexibility index (Phi) is 6.17. The molecule has 21 heavy (non-hydrogen) atoms. The third kappa shape index (κ3) is 5.07. The van der Waals surface area contributed by atoms with Crippen LogP contribution < -0.4 is 20.9 Å². The first-order valence-corrected chi connectivity index (χ1v) is 7.54. The standard InChI is InChI=1S/C13H17N3O4S/c1-20-11-5-4-10(3-2-7-14)9-12(11)21(18,19)16-8-6-13(15)17/h4-5,9,16H,6-8,14H2,1H3,(H2,15,17). The van der Waals surface area contributed by atoms with Crippen molar-refractivity contribution in [3.8, 4) is 17.6 Å². The van der Waals surface area contributed by atoms with Crippen LogP contribution in [0.3, 0.4) is 0 Å². The minimum absolute atomic E-state index is 0.0571. The summed E-state index contributed by atoms with van der Waals surface area (Å²) in [7, 11) is -2.46. The monoisotopic (exact) mass is 311 g/mol. The number of nitrogens with one attached hydrogen (secondary N) is 1. The number of carbonyl (C=O) groups excluding carboxylic acids is 1. The topological polar surface area (TPSA) is 125 Å². The Hall–Kier alpha value is -2.08. The fourth-order valence-corrected chi connectivity index (χ4v) is 2.73. The van der Waals surface area contributed by atoms with Gasteiger partial charge in [0.25, 0.3) is 0 Å². The average molecular weight is 311 g/mol. The summed E-state index contributed by atoms with van der Waals surface area (Å²) in [4.78, 5) is 10.6. The highest BCUT2D eigenvalue weighted by Crippen LogP contribution is 2.24. The van der Waals surface area contributed by atoms with E-state index in [2.05, 4.69) is 16.6 Å². The predicted octanol–water partition coefficient (Wildman–Crippen LogP) is -0.841. The molecular weight excluding hydrogens is 294 g/mol. The molecular formula is C13H17N3O4S. The van der Waals surface area contributed by atoms with E-state index in [1.807, 2.05) is 0 Å². The first kappa shape index (κ1) is 17.0. The number of methoxy groups -OCH3 is 1. The van der Waals surface area contributed by atoms with Crippen LogP contribution in [0, 0.1) is 11.8 Å². The number of hydrogen-bond acceptors (Lipinski definition) is 5. The van der Waals surface area contributed by atoms with Gasteiger partial charge in [0.2, 0.25) is 15.9 Å². The van der Waals surface area contributed by atoms with Gasteiger partial charge in [0.05, 0.1) is 13.7 Å². The van der Waals surface area contributed by atoms with E-state index in [9.17, 15) is 13.2 Å². The van der Waals surface area contributed by atoms with Crippen LogP contribution in [0.2, 0.25) is 0 Å². The molecule has 0 unspecified atom stereocenters. The second kappa shape index (κ2) is 7.64. The number of sulfonamides is 1. The van der Waals surface area contributed by atoms with Gasteiger partial charge in [0, 0.05) is 18.5 Å². The lowest BCUT2D eigenvalue weighted by Gasteiger charge is -2.10. The maximum atomic E-state index is 12.2. The van der Waals surface area contributed by atoms with Gasteiger partial charge < -0.3 is 16.2 Å². The summed E-state index contributed by atoms with van der Waals surface area (Å²) in [6.07, 6.45) is -0.0891. The average Bonchev–Trinajstić information content (AvgIpc) is 2.44. The molecule has 0 aliphatic rings. The molecule has 0 fully saturated rings.